The summed E-state index contributed by atoms with van der Waals surface area (Å²) in [6.45, 7) is 5.19. The van der Waals surface area contributed by atoms with Crippen LogP contribution in [0.4, 0.5) is 26.5 Å². The summed E-state index contributed by atoms with van der Waals surface area (Å²) in [4.78, 5) is 40.0. The zero-order valence-corrected chi connectivity index (χ0v) is 21.3. The second-order valence-corrected chi connectivity index (χ2v) is 9.97. The van der Waals surface area contributed by atoms with Crippen LogP contribution in [0.5, 0.6) is 0 Å². The van der Waals surface area contributed by atoms with Gasteiger partial charge in [0.1, 0.15) is 16.9 Å². The summed E-state index contributed by atoms with van der Waals surface area (Å²) in [6, 6.07) is 1.41. The smallest absolute Gasteiger partial charge is 0.413 e. The SMILES string of the molecule is CCc1nnc(NC(=O)N(C)[C@@H]2CCCN(c3nccc(NC(=O)OC4CCN(C)CC4)n3)C2)s1. The lowest BCUT2D eigenvalue weighted by Crippen LogP contribution is -2.50. The van der Waals surface area contributed by atoms with Gasteiger partial charge in [-0.1, -0.05) is 18.3 Å². The maximum absolute atomic E-state index is 12.7. The average Bonchev–Trinajstić information content (AvgIpc) is 3.32. The molecule has 4 heterocycles. The fourth-order valence-corrected chi connectivity index (χ4v) is 4.87. The van der Waals surface area contributed by atoms with Gasteiger partial charge in [-0.2, -0.15) is 4.98 Å². The van der Waals surface area contributed by atoms with Crippen molar-refractivity contribution < 1.29 is 14.3 Å². The van der Waals surface area contributed by atoms with Crippen molar-refractivity contribution in [1.82, 2.24) is 30.0 Å². The van der Waals surface area contributed by atoms with E-state index in [-0.39, 0.29) is 18.2 Å². The van der Waals surface area contributed by atoms with Crippen molar-refractivity contribution in [1.29, 1.82) is 0 Å². The minimum Gasteiger partial charge on any atom is -0.446 e. The van der Waals surface area contributed by atoms with E-state index in [4.69, 9.17) is 4.74 Å². The van der Waals surface area contributed by atoms with Crippen molar-refractivity contribution in [3.63, 3.8) is 0 Å². The molecule has 0 saturated carbocycles. The van der Waals surface area contributed by atoms with Crippen LogP contribution in [-0.4, -0.2) is 94.5 Å². The fraction of sp³-hybridized carbons (Fsp3) is 0.636. The van der Waals surface area contributed by atoms with E-state index < -0.39 is 6.09 Å². The molecule has 2 saturated heterocycles. The maximum Gasteiger partial charge on any atom is 0.413 e. The first-order valence-corrected chi connectivity index (χ1v) is 12.8. The molecule has 0 spiro atoms. The summed E-state index contributed by atoms with van der Waals surface area (Å²) in [5, 5.41) is 15.0. The standard InChI is InChI=1S/C22H33N9O3S/c1-4-18-27-28-20(35-18)26-21(32)30(3)15-6-5-11-31(14-15)19-23-10-7-17(24-19)25-22(33)34-16-8-12-29(2)13-9-16/h7,10,15-16H,4-6,8-9,11-14H2,1-3H3,(H,26,28,32)(H,23,24,25,33)/t15-/m1/s1. The molecule has 2 aliphatic heterocycles. The molecule has 0 bridgehead atoms. The van der Waals surface area contributed by atoms with E-state index in [0.29, 0.717) is 23.4 Å². The zero-order chi connectivity index (χ0) is 24.8. The molecule has 2 aliphatic rings. The third-order valence-corrected chi connectivity index (χ3v) is 7.33. The number of aryl methyl sites for hydroxylation is 1. The summed E-state index contributed by atoms with van der Waals surface area (Å²) < 4.78 is 5.55. The van der Waals surface area contributed by atoms with E-state index in [0.717, 1.165) is 56.7 Å². The van der Waals surface area contributed by atoms with Gasteiger partial charge >= 0.3 is 12.1 Å². The van der Waals surface area contributed by atoms with Gasteiger partial charge in [0.2, 0.25) is 11.1 Å². The van der Waals surface area contributed by atoms with Crippen LogP contribution < -0.4 is 15.5 Å². The van der Waals surface area contributed by atoms with Crippen LogP contribution in [0.3, 0.4) is 0 Å². The molecule has 0 unspecified atom stereocenters. The summed E-state index contributed by atoms with van der Waals surface area (Å²) in [6.07, 6.45) is 5.24. The summed E-state index contributed by atoms with van der Waals surface area (Å²) in [5.41, 5.74) is 0. The van der Waals surface area contributed by atoms with Gasteiger partial charge in [-0.3, -0.25) is 10.6 Å². The van der Waals surface area contributed by atoms with Crippen LogP contribution in [-0.2, 0) is 11.2 Å². The lowest BCUT2D eigenvalue weighted by Gasteiger charge is -2.37. The number of hydrogen-bond acceptors (Lipinski definition) is 10. The first-order valence-electron chi connectivity index (χ1n) is 12.0. The molecule has 190 valence electrons. The Labute approximate surface area is 209 Å². The van der Waals surface area contributed by atoms with Crippen LogP contribution in [0.25, 0.3) is 0 Å². The molecule has 2 fully saturated rings. The molecule has 35 heavy (non-hydrogen) atoms. The number of rotatable bonds is 6. The minimum atomic E-state index is -0.500. The Morgan fingerprint density at radius 3 is 2.74 bits per heavy atom. The number of amides is 3. The third kappa shape index (κ3) is 6.75. The largest absolute Gasteiger partial charge is 0.446 e. The Bertz CT molecular complexity index is 1010. The van der Waals surface area contributed by atoms with E-state index in [9.17, 15) is 9.59 Å². The highest BCUT2D eigenvalue weighted by Crippen LogP contribution is 2.22. The van der Waals surface area contributed by atoms with Crippen LogP contribution in [0, 0.1) is 0 Å². The lowest BCUT2D eigenvalue weighted by molar-refractivity contribution is 0.0661. The quantitative estimate of drug-likeness (QED) is 0.611. The van der Waals surface area contributed by atoms with Gasteiger partial charge in [-0.25, -0.2) is 14.6 Å². The average molecular weight is 504 g/mol. The second kappa shape index (κ2) is 11.6. The van der Waals surface area contributed by atoms with Crippen molar-refractivity contribution in [2.75, 3.05) is 55.8 Å². The Kier molecular flexibility index (Phi) is 8.29. The fourth-order valence-electron chi connectivity index (χ4n) is 4.20. The monoisotopic (exact) mass is 503 g/mol. The normalized spacial score (nSPS) is 19.3. The van der Waals surface area contributed by atoms with E-state index in [1.54, 1.807) is 24.2 Å². The van der Waals surface area contributed by atoms with E-state index in [1.807, 2.05) is 11.8 Å². The van der Waals surface area contributed by atoms with Crippen LogP contribution >= 0.6 is 11.3 Å². The minimum absolute atomic E-state index is 0.0167. The van der Waals surface area contributed by atoms with Gasteiger partial charge < -0.3 is 19.4 Å². The molecule has 1 atom stereocenters. The highest BCUT2D eigenvalue weighted by Gasteiger charge is 2.28. The summed E-state index contributed by atoms with van der Waals surface area (Å²) in [5.74, 6) is 0.904. The zero-order valence-electron chi connectivity index (χ0n) is 20.4. The first kappa shape index (κ1) is 25.0. The maximum atomic E-state index is 12.7. The number of aromatic nitrogens is 4. The van der Waals surface area contributed by atoms with Crippen LogP contribution in [0.15, 0.2) is 12.3 Å². The number of anilines is 3. The number of ether oxygens (including phenoxy) is 1. The van der Waals surface area contributed by atoms with Gasteiger partial charge in [-0.05, 0) is 45.2 Å². The molecular weight excluding hydrogens is 470 g/mol. The lowest BCUT2D eigenvalue weighted by atomic mass is 10.1. The topological polar surface area (TPSA) is 129 Å². The number of likely N-dealkylation sites (tertiary alicyclic amines) is 1. The molecule has 13 heteroatoms. The summed E-state index contributed by atoms with van der Waals surface area (Å²) >= 11 is 1.38. The Morgan fingerprint density at radius 1 is 1.20 bits per heavy atom. The Morgan fingerprint density at radius 2 is 2.00 bits per heavy atom. The predicted molar refractivity (Wildman–Crippen MR) is 134 cm³/mol. The molecule has 0 aromatic carbocycles. The number of nitrogens with one attached hydrogen (secondary N) is 2. The van der Waals surface area contributed by atoms with Gasteiger partial charge in [0.05, 0.1) is 6.04 Å². The second-order valence-electron chi connectivity index (χ2n) is 8.91. The molecule has 2 N–H and O–H groups in total. The van der Waals surface area contributed by atoms with Crippen LogP contribution in [0.1, 0.15) is 37.6 Å². The number of carbonyl (C=O) groups is 2. The summed E-state index contributed by atoms with van der Waals surface area (Å²) in [7, 11) is 3.84. The van der Waals surface area contributed by atoms with Crippen LogP contribution in [0.2, 0.25) is 0 Å². The molecule has 4 rings (SSSR count). The first-order chi connectivity index (χ1) is 16.9. The molecule has 2 aromatic heterocycles. The van der Waals surface area contributed by atoms with E-state index >= 15 is 0 Å². The van der Waals surface area contributed by atoms with Gasteiger partial charge in [-0.15, -0.1) is 10.2 Å². The van der Waals surface area contributed by atoms with Crippen molar-refractivity contribution in [2.45, 2.75) is 51.2 Å². The Hall–Kier alpha value is -3.06. The van der Waals surface area contributed by atoms with Crippen molar-refractivity contribution in [3.8, 4) is 0 Å². The molecule has 0 aliphatic carbocycles. The highest BCUT2D eigenvalue weighted by atomic mass is 32.1. The third-order valence-electron chi connectivity index (χ3n) is 6.34. The molecular formula is C22H33N9O3S. The van der Waals surface area contributed by atoms with Gasteiger partial charge in [0.15, 0.2) is 0 Å². The molecule has 3 amide bonds. The number of nitrogens with zero attached hydrogens (tertiary/aromatic N) is 7. The van der Waals surface area contributed by atoms with Crippen molar-refractivity contribution in [3.05, 3.63) is 17.3 Å². The number of hydrogen-bond donors (Lipinski definition) is 2. The molecule has 2 aromatic rings. The predicted octanol–water partition coefficient (Wildman–Crippen LogP) is 2.67. The highest BCUT2D eigenvalue weighted by molar-refractivity contribution is 7.15. The number of likely N-dealkylation sites (N-methyl/N-ethyl adjacent to an activating group) is 1. The Balaban J connectivity index is 1.32. The molecule has 0 radical (unpaired) electrons. The van der Waals surface area contributed by atoms with Gasteiger partial charge in [0, 0.05) is 39.4 Å². The number of urea groups is 1. The molecule has 12 nitrogen and oxygen atoms in total. The van der Waals surface area contributed by atoms with Crippen molar-refractivity contribution >= 4 is 40.4 Å². The number of carbonyl (C=O) groups excluding carboxylic acids is 2. The van der Waals surface area contributed by atoms with Crippen molar-refractivity contribution in [2.24, 2.45) is 0 Å². The number of piperidine rings is 2. The van der Waals surface area contributed by atoms with E-state index in [1.165, 1.54) is 11.3 Å². The van der Waals surface area contributed by atoms with E-state index in [2.05, 4.69) is 42.7 Å². The van der Waals surface area contributed by atoms with Gasteiger partial charge in [0.25, 0.3) is 0 Å².